The Hall–Kier alpha value is -1.83. The van der Waals surface area contributed by atoms with Crippen molar-refractivity contribution >= 4 is 18.0 Å². The predicted molar refractivity (Wildman–Crippen MR) is 81.6 cm³/mol. The second kappa shape index (κ2) is 7.63. The highest BCUT2D eigenvalue weighted by atomic mass is 16.6. The minimum Gasteiger partial charge on any atom is -0.456 e. The topological polar surface area (TPSA) is 96.4 Å². The molecule has 1 fully saturated rings. The number of esters is 1. The van der Waals surface area contributed by atoms with E-state index in [-0.39, 0.29) is 32.3 Å². The quantitative estimate of drug-likeness (QED) is 0.752. The summed E-state index contributed by atoms with van der Waals surface area (Å²) in [4.78, 5) is 38.1. The molecular formula is C15H26N2O6. The fourth-order valence-corrected chi connectivity index (χ4v) is 2.49. The van der Waals surface area contributed by atoms with E-state index in [0.717, 1.165) is 0 Å². The molecule has 1 aliphatic rings. The van der Waals surface area contributed by atoms with Gasteiger partial charge in [-0.25, -0.2) is 4.79 Å². The molecule has 0 aliphatic carbocycles. The fraction of sp³-hybridized carbons (Fsp3) is 0.800. The predicted octanol–water partition coefficient (Wildman–Crippen LogP) is 0.378. The maximum Gasteiger partial charge on any atom is 0.410 e. The molecule has 0 aromatic rings. The van der Waals surface area contributed by atoms with Gasteiger partial charge in [-0.05, 0) is 27.7 Å². The maximum atomic E-state index is 12.2. The van der Waals surface area contributed by atoms with Crippen LogP contribution in [-0.4, -0.2) is 76.9 Å². The summed E-state index contributed by atoms with van der Waals surface area (Å²) in [6, 6.07) is -0.884. The van der Waals surface area contributed by atoms with Gasteiger partial charge in [0.2, 0.25) is 0 Å². The van der Waals surface area contributed by atoms with Crippen LogP contribution in [0.5, 0.6) is 0 Å². The molecule has 0 spiro atoms. The Morgan fingerprint density at radius 2 is 1.83 bits per heavy atom. The zero-order valence-electron chi connectivity index (χ0n) is 14.4. The van der Waals surface area contributed by atoms with Crippen molar-refractivity contribution in [3.8, 4) is 0 Å². The van der Waals surface area contributed by atoms with Gasteiger partial charge >= 0.3 is 12.1 Å². The number of hydrogen-bond donors (Lipinski definition) is 1. The third kappa shape index (κ3) is 5.70. The summed E-state index contributed by atoms with van der Waals surface area (Å²) < 4.78 is 10.0. The van der Waals surface area contributed by atoms with Crippen LogP contribution in [0.4, 0.5) is 4.79 Å². The van der Waals surface area contributed by atoms with Crippen molar-refractivity contribution in [1.29, 1.82) is 0 Å². The smallest absolute Gasteiger partial charge is 0.410 e. The van der Waals surface area contributed by atoms with Crippen molar-refractivity contribution in [2.45, 2.75) is 52.3 Å². The first-order valence-corrected chi connectivity index (χ1v) is 7.58. The molecule has 0 bridgehead atoms. The Balaban J connectivity index is 2.76. The van der Waals surface area contributed by atoms with E-state index in [1.807, 2.05) is 0 Å². The van der Waals surface area contributed by atoms with E-state index >= 15 is 0 Å². The van der Waals surface area contributed by atoms with Gasteiger partial charge in [-0.15, -0.1) is 0 Å². The maximum absolute atomic E-state index is 12.2. The molecule has 0 radical (unpaired) electrons. The Morgan fingerprint density at radius 3 is 2.30 bits per heavy atom. The molecule has 1 aliphatic heterocycles. The molecule has 1 saturated heterocycles. The molecule has 0 aromatic carbocycles. The SMILES string of the molecule is CC(=O)OCC(=O)N1[C@@H](CO)CN(C(=O)OC(C)(C)C)C[C@@H]1C. The van der Waals surface area contributed by atoms with Crippen molar-refractivity contribution in [2.24, 2.45) is 0 Å². The van der Waals surface area contributed by atoms with Gasteiger partial charge in [-0.1, -0.05) is 0 Å². The summed E-state index contributed by atoms with van der Waals surface area (Å²) in [6.07, 6.45) is -0.477. The van der Waals surface area contributed by atoms with E-state index in [4.69, 9.17) is 9.47 Å². The van der Waals surface area contributed by atoms with Crippen LogP contribution in [0.1, 0.15) is 34.6 Å². The van der Waals surface area contributed by atoms with E-state index in [0.29, 0.717) is 0 Å². The third-order valence-corrected chi connectivity index (χ3v) is 3.33. The number of aliphatic hydroxyl groups excluding tert-OH is 1. The molecule has 1 N–H and O–H groups in total. The summed E-state index contributed by atoms with van der Waals surface area (Å²) in [7, 11) is 0. The van der Waals surface area contributed by atoms with Crippen molar-refractivity contribution < 1.29 is 29.0 Å². The monoisotopic (exact) mass is 330 g/mol. The Morgan fingerprint density at radius 1 is 1.22 bits per heavy atom. The number of ether oxygens (including phenoxy) is 2. The van der Waals surface area contributed by atoms with Crippen LogP contribution in [0, 0.1) is 0 Å². The highest BCUT2D eigenvalue weighted by Crippen LogP contribution is 2.19. The van der Waals surface area contributed by atoms with Gasteiger partial charge in [0.05, 0.1) is 12.6 Å². The normalized spacial score (nSPS) is 21.8. The minimum atomic E-state index is -0.614. The van der Waals surface area contributed by atoms with Gasteiger partial charge < -0.3 is 24.4 Å². The molecule has 8 heteroatoms. The highest BCUT2D eigenvalue weighted by Gasteiger charge is 2.38. The second-order valence-corrected chi connectivity index (χ2v) is 6.65. The summed E-state index contributed by atoms with van der Waals surface area (Å²) in [6.45, 7) is 8.10. The van der Waals surface area contributed by atoms with Crippen LogP contribution >= 0.6 is 0 Å². The van der Waals surface area contributed by atoms with Gasteiger partial charge in [-0.2, -0.15) is 0 Å². The van der Waals surface area contributed by atoms with Gasteiger partial charge in [0.1, 0.15) is 5.60 Å². The average molecular weight is 330 g/mol. The standard InChI is InChI=1S/C15H26N2O6/c1-10-6-16(14(21)23-15(3,4)5)7-12(8-18)17(10)13(20)9-22-11(2)19/h10,12,18H,6-9H2,1-5H3/t10-,12+/m0/s1. The highest BCUT2D eigenvalue weighted by molar-refractivity contribution is 5.81. The molecule has 1 rings (SSSR count). The number of amides is 2. The first-order chi connectivity index (χ1) is 10.5. The second-order valence-electron chi connectivity index (χ2n) is 6.65. The van der Waals surface area contributed by atoms with Crippen LogP contribution in [-0.2, 0) is 19.1 Å². The van der Waals surface area contributed by atoms with Gasteiger partial charge in [0, 0.05) is 26.1 Å². The van der Waals surface area contributed by atoms with E-state index in [2.05, 4.69) is 0 Å². The summed E-state index contributed by atoms with van der Waals surface area (Å²) in [5, 5.41) is 9.56. The lowest BCUT2D eigenvalue weighted by Crippen LogP contribution is -2.62. The number of hydrogen-bond acceptors (Lipinski definition) is 6. The zero-order valence-corrected chi connectivity index (χ0v) is 14.4. The molecule has 1 heterocycles. The first kappa shape index (κ1) is 19.2. The molecule has 0 saturated carbocycles. The number of aliphatic hydroxyl groups is 1. The average Bonchev–Trinajstić information content (AvgIpc) is 2.41. The van der Waals surface area contributed by atoms with Crippen LogP contribution in [0.15, 0.2) is 0 Å². The zero-order chi connectivity index (χ0) is 17.8. The van der Waals surface area contributed by atoms with Crippen molar-refractivity contribution in [2.75, 3.05) is 26.3 Å². The first-order valence-electron chi connectivity index (χ1n) is 7.58. The van der Waals surface area contributed by atoms with E-state index in [1.54, 1.807) is 27.7 Å². The van der Waals surface area contributed by atoms with Crippen molar-refractivity contribution in [1.82, 2.24) is 9.80 Å². The lowest BCUT2D eigenvalue weighted by atomic mass is 10.1. The molecule has 0 unspecified atom stereocenters. The van der Waals surface area contributed by atoms with Crippen LogP contribution in [0.25, 0.3) is 0 Å². The van der Waals surface area contributed by atoms with E-state index in [1.165, 1.54) is 16.7 Å². The summed E-state index contributed by atoms with van der Waals surface area (Å²) in [5.74, 6) is -0.936. The Labute approximate surface area is 136 Å². The molecule has 2 amide bonds. The van der Waals surface area contributed by atoms with Crippen LogP contribution in [0.3, 0.4) is 0 Å². The number of carbonyl (C=O) groups excluding carboxylic acids is 3. The molecule has 0 aromatic heterocycles. The largest absolute Gasteiger partial charge is 0.456 e. The van der Waals surface area contributed by atoms with Crippen molar-refractivity contribution in [3.63, 3.8) is 0 Å². The van der Waals surface area contributed by atoms with Crippen molar-refractivity contribution in [3.05, 3.63) is 0 Å². The number of nitrogens with zero attached hydrogens (tertiary/aromatic N) is 2. The third-order valence-electron chi connectivity index (χ3n) is 3.33. The van der Waals surface area contributed by atoms with Crippen LogP contribution < -0.4 is 0 Å². The molecule has 8 nitrogen and oxygen atoms in total. The number of carbonyl (C=O) groups is 3. The number of piperazine rings is 1. The molecule has 132 valence electrons. The van der Waals surface area contributed by atoms with E-state index in [9.17, 15) is 19.5 Å². The lowest BCUT2D eigenvalue weighted by Gasteiger charge is -2.44. The molecule has 23 heavy (non-hydrogen) atoms. The molecular weight excluding hydrogens is 304 g/mol. The van der Waals surface area contributed by atoms with Gasteiger partial charge in [-0.3, -0.25) is 9.59 Å². The summed E-state index contributed by atoms with van der Waals surface area (Å²) >= 11 is 0. The summed E-state index contributed by atoms with van der Waals surface area (Å²) in [5.41, 5.74) is -0.614. The molecule has 2 atom stereocenters. The lowest BCUT2D eigenvalue weighted by molar-refractivity contribution is -0.155. The Bertz CT molecular complexity index is 459. The fourth-order valence-electron chi connectivity index (χ4n) is 2.49. The van der Waals surface area contributed by atoms with Crippen LogP contribution in [0.2, 0.25) is 0 Å². The van der Waals surface area contributed by atoms with Gasteiger partial charge in [0.25, 0.3) is 5.91 Å². The van der Waals surface area contributed by atoms with E-state index < -0.39 is 29.6 Å². The number of rotatable bonds is 3. The Kier molecular flexibility index (Phi) is 6.37. The minimum absolute atomic E-state index is 0.168. The van der Waals surface area contributed by atoms with Gasteiger partial charge in [0.15, 0.2) is 6.61 Å².